The molecule has 1 amide bonds. The van der Waals surface area contributed by atoms with Crippen LogP contribution in [0.4, 0.5) is 11.4 Å². The van der Waals surface area contributed by atoms with E-state index in [1.807, 2.05) is 45.0 Å². The third-order valence-electron chi connectivity index (χ3n) is 8.02. The highest BCUT2D eigenvalue weighted by Crippen LogP contribution is 2.44. The van der Waals surface area contributed by atoms with Crippen LogP contribution < -0.4 is 21.5 Å². The number of hydrogen-bond acceptors (Lipinski definition) is 7. The lowest BCUT2D eigenvalue weighted by molar-refractivity contribution is 0.0522. The number of nitrogens with one attached hydrogen (secondary N) is 1. The summed E-state index contributed by atoms with van der Waals surface area (Å²) in [4.78, 5) is 30.4. The molecule has 11 heteroatoms. The molecule has 1 atom stereocenters. The average molecular weight is 655 g/mol. The minimum Gasteiger partial charge on any atom is -0.507 e. The van der Waals surface area contributed by atoms with Gasteiger partial charge in [-0.1, -0.05) is 0 Å². The standard InChI is InChI=1S/C34H42N4O5S.ClH/c1-6-42-32(41)24-17-23(18-26(19-24)38-33(35)36)31(40)37-25-9-11-27(12-10-25)44-16-8-7-14-34(5)15-13-28-22(4)29(39)20(2)21(3)30(28)43-34;/h9-12,17-19,39H,6-8,13-16H2,1-5H3,(H,37,40)(H4,35,36,38);1H. The fourth-order valence-corrected chi connectivity index (χ4v) is 6.30. The number of fused-ring (bicyclic) bond motifs is 1. The molecule has 3 aromatic rings. The molecular formula is C34H43ClN4O5S. The zero-order valence-electron chi connectivity index (χ0n) is 26.5. The third-order valence-corrected chi connectivity index (χ3v) is 9.12. The van der Waals surface area contributed by atoms with E-state index in [2.05, 4.69) is 17.2 Å². The maximum absolute atomic E-state index is 13.0. The Morgan fingerprint density at radius 3 is 2.40 bits per heavy atom. The van der Waals surface area contributed by atoms with Gasteiger partial charge in [0.2, 0.25) is 0 Å². The molecule has 1 unspecified atom stereocenters. The second-order valence-corrected chi connectivity index (χ2v) is 12.6. The predicted molar refractivity (Wildman–Crippen MR) is 184 cm³/mol. The number of aromatic hydroxyl groups is 1. The molecule has 0 saturated heterocycles. The molecule has 1 heterocycles. The number of hydrogen-bond donors (Lipinski definition) is 4. The number of phenolic OH excluding ortho intramolecular Hbond substituents is 1. The van der Waals surface area contributed by atoms with Gasteiger partial charge in [0.15, 0.2) is 5.96 Å². The number of rotatable bonds is 11. The van der Waals surface area contributed by atoms with Crippen LogP contribution in [0.1, 0.15) is 82.5 Å². The number of benzene rings is 3. The van der Waals surface area contributed by atoms with E-state index in [4.69, 9.17) is 20.9 Å². The van der Waals surface area contributed by atoms with Crippen LogP contribution in [0.2, 0.25) is 0 Å². The number of phenols is 1. The second kappa shape index (κ2) is 15.4. The van der Waals surface area contributed by atoms with Crippen molar-refractivity contribution < 1.29 is 24.2 Å². The number of halogens is 1. The van der Waals surface area contributed by atoms with Crippen molar-refractivity contribution in [3.8, 4) is 11.5 Å². The van der Waals surface area contributed by atoms with Crippen LogP contribution in [-0.2, 0) is 11.2 Å². The van der Waals surface area contributed by atoms with Crippen LogP contribution in [-0.4, -0.2) is 40.9 Å². The zero-order valence-corrected chi connectivity index (χ0v) is 28.1. The number of amides is 1. The predicted octanol–water partition coefficient (Wildman–Crippen LogP) is 7.12. The van der Waals surface area contributed by atoms with E-state index in [1.54, 1.807) is 18.7 Å². The number of carbonyl (C=O) groups excluding carboxylic acids is 2. The quantitative estimate of drug-likeness (QED) is 0.0561. The fourth-order valence-electron chi connectivity index (χ4n) is 5.39. The van der Waals surface area contributed by atoms with Crippen molar-refractivity contribution in [2.45, 2.75) is 77.2 Å². The van der Waals surface area contributed by atoms with Crippen molar-refractivity contribution in [3.05, 3.63) is 75.8 Å². The molecule has 45 heavy (non-hydrogen) atoms. The van der Waals surface area contributed by atoms with Crippen LogP contribution in [0.3, 0.4) is 0 Å². The van der Waals surface area contributed by atoms with E-state index in [1.165, 1.54) is 18.2 Å². The first-order chi connectivity index (χ1) is 20.9. The Balaban J connectivity index is 0.00000552. The molecule has 0 fully saturated rings. The molecule has 0 saturated carbocycles. The molecule has 6 N–H and O–H groups in total. The number of aliphatic imine (C=N–C) groups is 1. The summed E-state index contributed by atoms with van der Waals surface area (Å²) in [7, 11) is 0. The number of ether oxygens (including phenoxy) is 2. The van der Waals surface area contributed by atoms with Crippen molar-refractivity contribution in [2.75, 3.05) is 17.7 Å². The minimum absolute atomic E-state index is 0. The van der Waals surface area contributed by atoms with Gasteiger partial charge >= 0.3 is 5.97 Å². The average Bonchev–Trinajstić information content (AvgIpc) is 2.99. The molecular weight excluding hydrogens is 612 g/mol. The Labute approximate surface area is 275 Å². The molecule has 9 nitrogen and oxygen atoms in total. The monoisotopic (exact) mass is 654 g/mol. The van der Waals surface area contributed by atoms with Crippen LogP contribution in [0.25, 0.3) is 0 Å². The van der Waals surface area contributed by atoms with Gasteiger partial charge in [-0.15, -0.1) is 24.2 Å². The molecule has 0 aromatic heterocycles. The van der Waals surface area contributed by atoms with Crippen molar-refractivity contribution in [1.82, 2.24) is 0 Å². The van der Waals surface area contributed by atoms with Crippen molar-refractivity contribution >= 4 is 53.4 Å². The maximum Gasteiger partial charge on any atom is 0.338 e. The Morgan fingerprint density at radius 1 is 1.04 bits per heavy atom. The van der Waals surface area contributed by atoms with E-state index >= 15 is 0 Å². The van der Waals surface area contributed by atoms with Gasteiger partial charge in [-0.05, 0) is 132 Å². The lowest BCUT2D eigenvalue weighted by atomic mass is 9.85. The van der Waals surface area contributed by atoms with Gasteiger partial charge in [-0.3, -0.25) is 4.79 Å². The van der Waals surface area contributed by atoms with E-state index in [0.717, 1.165) is 70.8 Å². The minimum atomic E-state index is -0.567. The molecule has 0 radical (unpaired) electrons. The molecule has 242 valence electrons. The summed E-state index contributed by atoms with van der Waals surface area (Å²) in [5, 5.41) is 13.3. The Hall–Kier alpha value is -3.89. The topological polar surface area (TPSA) is 149 Å². The highest BCUT2D eigenvalue weighted by Gasteiger charge is 2.34. The summed E-state index contributed by atoms with van der Waals surface area (Å²) in [6.45, 7) is 10.1. The normalized spacial score (nSPS) is 15.2. The number of carbonyl (C=O) groups is 2. The highest BCUT2D eigenvalue weighted by atomic mass is 35.5. The van der Waals surface area contributed by atoms with Crippen molar-refractivity contribution in [1.29, 1.82) is 0 Å². The van der Waals surface area contributed by atoms with Gasteiger partial charge in [0.25, 0.3) is 5.91 Å². The molecule has 0 spiro atoms. The summed E-state index contributed by atoms with van der Waals surface area (Å²) >= 11 is 1.77. The summed E-state index contributed by atoms with van der Waals surface area (Å²) < 4.78 is 11.6. The van der Waals surface area contributed by atoms with Gasteiger partial charge in [-0.25, -0.2) is 9.79 Å². The number of thioether (sulfide) groups is 1. The van der Waals surface area contributed by atoms with E-state index in [-0.39, 0.29) is 47.4 Å². The molecule has 0 bridgehead atoms. The number of unbranched alkanes of at least 4 members (excludes halogenated alkanes) is 1. The number of nitrogens with zero attached hydrogens (tertiary/aromatic N) is 1. The third kappa shape index (κ3) is 8.85. The second-order valence-electron chi connectivity index (χ2n) is 11.4. The van der Waals surface area contributed by atoms with Gasteiger partial charge < -0.3 is 31.4 Å². The van der Waals surface area contributed by atoms with Gasteiger partial charge in [-0.2, -0.15) is 0 Å². The molecule has 3 aromatic carbocycles. The van der Waals surface area contributed by atoms with Crippen LogP contribution in [0, 0.1) is 20.8 Å². The molecule has 0 aliphatic carbocycles. The summed E-state index contributed by atoms with van der Waals surface area (Å²) in [6.07, 6.45) is 4.92. The zero-order chi connectivity index (χ0) is 32.0. The summed E-state index contributed by atoms with van der Waals surface area (Å²) in [5.41, 5.74) is 16.1. The Morgan fingerprint density at radius 2 is 1.73 bits per heavy atom. The largest absolute Gasteiger partial charge is 0.507 e. The first kappa shape index (κ1) is 35.6. The fraction of sp³-hybridized carbons (Fsp3) is 0.382. The van der Waals surface area contributed by atoms with Gasteiger partial charge in [0, 0.05) is 21.7 Å². The molecule has 1 aliphatic heterocycles. The first-order valence-corrected chi connectivity index (χ1v) is 15.9. The lowest BCUT2D eigenvalue weighted by Crippen LogP contribution is -2.37. The van der Waals surface area contributed by atoms with Gasteiger partial charge in [0.1, 0.15) is 17.1 Å². The summed E-state index contributed by atoms with van der Waals surface area (Å²) in [6, 6.07) is 12.1. The van der Waals surface area contributed by atoms with Crippen molar-refractivity contribution in [2.24, 2.45) is 16.5 Å². The number of nitrogens with two attached hydrogens (primary N) is 2. The highest BCUT2D eigenvalue weighted by molar-refractivity contribution is 7.99. The van der Waals surface area contributed by atoms with E-state index < -0.39 is 11.9 Å². The maximum atomic E-state index is 13.0. The van der Waals surface area contributed by atoms with Gasteiger partial charge in [0.05, 0.1) is 17.9 Å². The summed E-state index contributed by atoms with van der Waals surface area (Å²) in [5.74, 6) is 1.16. The van der Waals surface area contributed by atoms with Crippen LogP contribution >= 0.6 is 24.2 Å². The lowest BCUT2D eigenvalue weighted by Gasteiger charge is -2.38. The molecule has 1 aliphatic rings. The Kier molecular flexibility index (Phi) is 12.2. The smallest absolute Gasteiger partial charge is 0.338 e. The van der Waals surface area contributed by atoms with Crippen molar-refractivity contribution in [3.63, 3.8) is 0 Å². The number of anilines is 1. The van der Waals surface area contributed by atoms with Crippen LogP contribution in [0.15, 0.2) is 52.4 Å². The van der Waals surface area contributed by atoms with E-state index in [0.29, 0.717) is 11.4 Å². The van der Waals surface area contributed by atoms with Crippen LogP contribution in [0.5, 0.6) is 11.5 Å². The first-order valence-electron chi connectivity index (χ1n) is 14.9. The number of esters is 1. The SMILES string of the molecule is CCOC(=O)c1cc(N=C(N)N)cc(C(=O)Nc2ccc(SCCCCC3(C)CCc4c(C)c(O)c(C)c(C)c4O3)cc2)c1.Cl. The van der Waals surface area contributed by atoms with E-state index in [9.17, 15) is 14.7 Å². The Bertz CT molecular complexity index is 1570. The molecule has 4 rings (SSSR count). The number of guanidine groups is 1.